The summed E-state index contributed by atoms with van der Waals surface area (Å²) in [5.74, 6) is -1.60. The first kappa shape index (κ1) is 19.1. The molecule has 2 aromatic rings. The maximum absolute atomic E-state index is 12.4. The number of cyclic esters (lactones) is 1. The number of hydrogen-bond donors (Lipinski definition) is 1. The van der Waals surface area contributed by atoms with Gasteiger partial charge in [0.05, 0.1) is 13.2 Å². The predicted octanol–water partition coefficient (Wildman–Crippen LogP) is 2.60. The molecule has 2 fully saturated rings. The first-order valence-corrected chi connectivity index (χ1v) is 9.37. The van der Waals surface area contributed by atoms with Gasteiger partial charge in [0.1, 0.15) is 12.2 Å². The van der Waals surface area contributed by atoms with Crippen molar-refractivity contribution in [3.05, 3.63) is 71.8 Å². The highest BCUT2D eigenvalue weighted by Crippen LogP contribution is 2.44. The van der Waals surface area contributed by atoms with E-state index in [0.717, 1.165) is 11.1 Å². The molecular weight excluding hydrogens is 360 g/mol. The van der Waals surface area contributed by atoms with Crippen LogP contribution in [0.1, 0.15) is 31.1 Å². The van der Waals surface area contributed by atoms with E-state index in [4.69, 9.17) is 18.9 Å². The molecule has 0 amide bonds. The Hall–Kier alpha value is -2.25. The second-order valence-corrected chi connectivity index (χ2v) is 7.57. The molecule has 0 unspecified atom stereocenters. The molecular formula is C22H24O6. The number of fused-ring (bicyclic) bond motifs is 1. The molecule has 0 spiro atoms. The van der Waals surface area contributed by atoms with Crippen molar-refractivity contribution in [1.29, 1.82) is 0 Å². The molecule has 2 saturated heterocycles. The van der Waals surface area contributed by atoms with E-state index in [1.165, 1.54) is 0 Å². The van der Waals surface area contributed by atoms with Crippen molar-refractivity contribution in [1.82, 2.24) is 0 Å². The summed E-state index contributed by atoms with van der Waals surface area (Å²) < 4.78 is 23.3. The molecule has 4 rings (SSSR count). The molecule has 0 bridgehead atoms. The topological polar surface area (TPSA) is 74.2 Å². The Bertz CT molecular complexity index is 782. The molecule has 0 aromatic heterocycles. The van der Waals surface area contributed by atoms with Gasteiger partial charge in [-0.1, -0.05) is 60.7 Å². The van der Waals surface area contributed by atoms with Gasteiger partial charge in [-0.05, 0) is 25.0 Å². The van der Waals surface area contributed by atoms with E-state index in [1.54, 1.807) is 13.8 Å². The average molecular weight is 384 g/mol. The lowest BCUT2D eigenvalue weighted by Gasteiger charge is -2.24. The zero-order valence-electron chi connectivity index (χ0n) is 15.9. The highest BCUT2D eigenvalue weighted by Gasteiger charge is 2.67. The monoisotopic (exact) mass is 384 g/mol. The first-order valence-electron chi connectivity index (χ1n) is 9.37. The van der Waals surface area contributed by atoms with Gasteiger partial charge in [-0.15, -0.1) is 0 Å². The summed E-state index contributed by atoms with van der Waals surface area (Å²) in [4.78, 5) is 12.4. The van der Waals surface area contributed by atoms with Gasteiger partial charge in [-0.3, -0.25) is 0 Å². The normalized spacial score (nSPS) is 28.4. The van der Waals surface area contributed by atoms with Gasteiger partial charge in [-0.2, -0.15) is 0 Å². The van der Waals surface area contributed by atoms with Crippen molar-refractivity contribution in [3.8, 4) is 0 Å². The minimum absolute atomic E-state index is 0.117. The lowest BCUT2D eigenvalue weighted by atomic mass is 9.97. The van der Waals surface area contributed by atoms with Gasteiger partial charge in [0.25, 0.3) is 0 Å². The third-order valence-electron chi connectivity index (χ3n) is 5.11. The number of ether oxygens (including phenoxy) is 4. The van der Waals surface area contributed by atoms with Gasteiger partial charge in [0.15, 0.2) is 11.9 Å². The largest absolute Gasteiger partial charge is 0.455 e. The van der Waals surface area contributed by atoms with Gasteiger partial charge in [-0.25, -0.2) is 4.79 Å². The van der Waals surface area contributed by atoms with E-state index >= 15 is 0 Å². The SMILES string of the molecule is CC1(C)O[C@H]2[C@H](COC(c3ccccc3)c3ccccc3)OC(=O)[C@@]2(CO)O1. The Morgan fingerprint density at radius 2 is 1.61 bits per heavy atom. The van der Waals surface area contributed by atoms with Crippen LogP contribution in [0.15, 0.2) is 60.7 Å². The molecule has 0 saturated carbocycles. The molecule has 2 aliphatic rings. The van der Waals surface area contributed by atoms with Crippen molar-refractivity contribution in [2.75, 3.05) is 13.2 Å². The van der Waals surface area contributed by atoms with Gasteiger partial charge in [0, 0.05) is 0 Å². The highest BCUT2D eigenvalue weighted by molar-refractivity contribution is 5.84. The van der Waals surface area contributed by atoms with Crippen LogP contribution in [0.2, 0.25) is 0 Å². The van der Waals surface area contributed by atoms with Crippen LogP contribution in [0, 0.1) is 0 Å². The second-order valence-electron chi connectivity index (χ2n) is 7.57. The molecule has 2 aromatic carbocycles. The number of aliphatic hydroxyl groups is 1. The number of aliphatic hydroxyl groups excluding tert-OH is 1. The lowest BCUT2D eigenvalue weighted by molar-refractivity contribution is -0.205. The Labute approximate surface area is 164 Å². The Morgan fingerprint density at radius 3 is 2.14 bits per heavy atom. The fourth-order valence-electron chi connectivity index (χ4n) is 3.89. The summed E-state index contributed by atoms with van der Waals surface area (Å²) in [6, 6.07) is 19.7. The second kappa shape index (κ2) is 7.29. The van der Waals surface area contributed by atoms with Crippen LogP contribution < -0.4 is 0 Å². The summed E-state index contributed by atoms with van der Waals surface area (Å²) in [6.07, 6.45) is -1.72. The summed E-state index contributed by atoms with van der Waals surface area (Å²) in [5, 5.41) is 9.83. The highest BCUT2D eigenvalue weighted by atomic mass is 16.8. The van der Waals surface area contributed by atoms with Crippen molar-refractivity contribution in [2.24, 2.45) is 0 Å². The number of benzene rings is 2. The third kappa shape index (κ3) is 3.33. The Balaban J connectivity index is 1.56. The smallest absolute Gasteiger partial charge is 0.344 e. The van der Waals surface area contributed by atoms with Crippen molar-refractivity contribution in [3.63, 3.8) is 0 Å². The van der Waals surface area contributed by atoms with Gasteiger partial charge >= 0.3 is 5.97 Å². The van der Waals surface area contributed by atoms with Crippen molar-refractivity contribution in [2.45, 2.75) is 43.5 Å². The number of carbonyl (C=O) groups is 1. The Kier molecular flexibility index (Phi) is 4.97. The molecule has 3 atom stereocenters. The quantitative estimate of drug-likeness (QED) is 0.772. The van der Waals surface area contributed by atoms with Crippen LogP contribution in [0.3, 0.4) is 0 Å². The molecule has 0 radical (unpaired) electrons. The van der Waals surface area contributed by atoms with Crippen molar-refractivity contribution >= 4 is 5.97 Å². The summed E-state index contributed by atoms with van der Waals surface area (Å²) in [7, 11) is 0. The number of esters is 1. The van der Waals surface area contributed by atoms with Gasteiger partial charge < -0.3 is 24.1 Å². The zero-order chi connectivity index (χ0) is 19.8. The van der Waals surface area contributed by atoms with Crippen LogP contribution in [0.25, 0.3) is 0 Å². The van der Waals surface area contributed by atoms with Crippen LogP contribution >= 0.6 is 0 Å². The van der Waals surface area contributed by atoms with E-state index in [1.807, 2.05) is 60.7 Å². The zero-order valence-corrected chi connectivity index (χ0v) is 15.9. The maximum Gasteiger partial charge on any atom is 0.344 e. The van der Waals surface area contributed by atoms with Crippen LogP contribution in [0.4, 0.5) is 0 Å². The minimum Gasteiger partial charge on any atom is -0.455 e. The molecule has 2 aliphatic heterocycles. The molecule has 6 heteroatoms. The van der Waals surface area contributed by atoms with Crippen molar-refractivity contribution < 1.29 is 28.8 Å². The standard InChI is InChI=1S/C22H24O6/c1-21(2)27-19-17(26-20(24)22(19,14-23)28-21)13-25-18(15-9-5-3-6-10-15)16-11-7-4-8-12-16/h3-12,17-19,23H,13-14H2,1-2H3/t17-,19-,22-/m0/s1. The lowest BCUT2D eigenvalue weighted by Crippen LogP contribution is -2.48. The number of carbonyl (C=O) groups excluding carboxylic acids is 1. The maximum atomic E-state index is 12.4. The predicted molar refractivity (Wildman–Crippen MR) is 100 cm³/mol. The van der Waals surface area contributed by atoms with E-state index in [9.17, 15) is 9.90 Å². The summed E-state index contributed by atoms with van der Waals surface area (Å²) in [5.41, 5.74) is 0.498. The average Bonchev–Trinajstić information content (AvgIpc) is 3.13. The third-order valence-corrected chi connectivity index (χ3v) is 5.11. The summed E-state index contributed by atoms with van der Waals surface area (Å²) in [6.45, 7) is 3.04. The number of hydrogen-bond acceptors (Lipinski definition) is 6. The first-order chi connectivity index (χ1) is 13.5. The summed E-state index contributed by atoms with van der Waals surface area (Å²) >= 11 is 0. The Morgan fingerprint density at radius 1 is 1.04 bits per heavy atom. The number of rotatable bonds is 6. The van der Waals surface area contributed by atoms with E-state index in [2.05, 4.69) is 0 Å². The van der Waals surface area contributed by atoms with Crippen LogP contribution in [-0.2, 0) is 23.7 Å². The van der Waals surface area contributed by atoms with Crippen LogP contribution in [0.5, 0.6) is 0 Å². The molecule has 2 heterocycles. The molecule has 148 valence electrons. The molecule has 6 nitrogen and oxygen atoms in total. The van der Waals surface area contributed by atoms with E-state index in [0.29, 0.717) is 0 Å². The van der Waals surface area contributed by atoms with E-state index in [-0.39, 0.29) is 12.7 Å². The van der Waals surface area contributed by atoms with Crippen LogP contribution in [-0.4, -0.2) is 47.9 Å². The molecule has 28 heavy (non-hydrogen) atoms. The van der Waals surface area contributed by atoms with E-state index < -0.39 is 36.2 Å². The molecule has 1 N–H and O–H groups in total. The van der Waals surface area contributed by atoms with Gasteiger partial charge in [0.2, 0.25) is 5.60 Å². The molecule has 0 aliphatic carbocycles. The fraction of sp³-hybridized carbons (Fsp3) is 0.409. The fourth-order valence-corrected chi connectivity index (χ4v) is 3.89. The minimum atomic E-state index is -1.49.